The number of carboxylic acid groups (broad SMARTS) is 1. The van der Waals surface area contributed by atoms with Gasteiger partial charge in [0.25, 0.3) is 0 Å². The molecule has 2 amide bonds. The number of hydrogen-bond donors (Lipinski definition) is 1. The van der Waals surface area contributed by atoms with Crippen molar-refractivity contribution in [3.05, 3.63) is 0 Å². The molecule has 0 aliphatic carbocycles. The third-order valence-electron chi connectivity index (χ3n) is 4.61. The normalized spacial score (nSPS) is 29.8. The molecule has 0 aromatic rings. The molecule has 4 unspecified atom stereocenters. The topological polar surface area (TPSA) is 87.2 Å². The first kappa shape index (κ1) is 21.0. The molecule has 0 saturated carbocycles. The van der Waals surface area contributed by atoms with Crippen molar-refractivity contribution >= 4 is 33.4 Å². The maximum atomic E-state index is 12.6. The summed E-state index contributed by atoms with van der Waals surface area (Å²) in [6.45, 7) is 12.1. The van der Waals surface area contributed by atoms with Crippen LogP contribution in [0, 0.1) is 5.41 Å². The Hall–Kier alpha value is -1.27. The number of amides is 2. The van der Waals surface area contributed by atoms with E-state index in [-0.39, 0.29) is 36.2 Å². The first-order chi connectivity index (χ1) is 11.9. The standard InChI is InChI=1S/C18H30N2O5Se/c1-17(2,3)15-20(10-21)12(14(22)23)13(26-15)11-8-7-9-19(11)16(24)25-18(4,5)6/h10-13,15H,7-9H2,1-6H3,(H,22,23). The molecule has 0 bridgehead atoms. The van der Waals surface area contributed by atoms with Crippen LogP contribution >= 0.6 is 0 Å². The Morgan fingerprint density at radius 1 is 1.19 bits per heavy atom. The zero-order chi connectivity index (χ0) is 19.9. The quantitative estimate of drug-likeness (QED) is 0.545. The van der Waals surface area contributed by atoms with Crippen molar-refractivity contribution in [3.8, 4) is 0 Å². The van der Waals surface area contributed by atoms with Gasteiger partial charge in [0.2, 0.25) is 0 Å². The molecule has 1 N–H and O–H groups in total. The fourth-order valence-electron chi connectivity index (χ4n) is 3.63. The molecule has 8 heteroatoms. The van der Waals surface area contributed by atoms with E-state index in [0.717, 1.165) is 12.8 Å². The van der Waals surface area contributed by atoms with Crippen molar-refractivity contribution in [1.82, 2.24) is 9.80 Å². The van der Waals surface area contributed by atoms with Crippen LogP contribution < -0.4 is 0 Å². The summed E-state index contributed by atoms with van der Waals surface area (Å²) in [5, 5.41) is 9.82. The molecule has 2 saturated heterocycles. The number of carbonyl (C=O) groups excluding carboxylic acids is 2. The van der Waals surface area contributed by atoms with Gasteiger partial charge in [-0.2, -0.15) is 0 Å². The number of hydrogen-bond acceptors (Lipinski definition) is 4. The van der Waals surface area contributed by atoms with E-state index in [9.17, 15) is 19.5 Å². The molecule has 26 heavy (non-hydrogen) atoms. The summed E-state index contributed by atoms with van der Waals surface area (Å²) >= 11 is -0.114. The number of carbonyl (C=O) groups is 3. The van der Waals surface area contributed by atoms with Crippen LogP contribution in [0.3, 0.4) is 0 Å². The second-order valence-corrected chi connectivity index (χ2v) is 11.7. The predicted octanol–water partition coefficient (Wildman–Crippen LogP) is 2.18. The van der Waals surface area contributed by atoms with E-state index in [0.29, 0.717) is 13.0 Å². The van der Waals surface area contributed by atoms with Gasteiger partial charge in [-0.15, -0.1) is 0 Å². The zero-order valence-electron chi connectivity index (χ0n) is 16.4. The fourth-order valence-corrected chi connectivity index (χ4v) is 7.61. The van der Waals surface area contributed by atoms with Crippen molar-refractivity contribution in [3.63, 3.8) is 0 Å². The van der Waals surface area contributed by atoms with Crippen LogP contribution in [0.5, 0.6) is 0 Å². The Morgan fingerprint density at radius 2 is 1.81 bits per heavy atom. The van der Waals surface area contributed by atoms with Gasteiger partial charge in [0.1, 0.15) is 0 Å². The van der Waals surface area contributed by atoms with Crippen LogP contribution in [-0.2, 0) is 14.3 Å². The van der Waals surface area contributed by atoms with Gasteiger partial charge in [-0.25, -0.2) is 0 Å². The van der Waals surface area contributed by atoms with Gasteiger partial charge in [0.05, 0.1) is 0 Å². The first-order valence-corrected chi connectivity index (χ1v) is 11.0. The van der Waals surface area contributed by atoms with E-state index in [1.165, 1.54) is 4.90 Å². The first-order valence-electron chi connectivity index (χ1n) is 8.97. The summed E-state index contributed by atoms with van der Waals surface area (Å²) in [5.74, 6) is -0.994. The number of aliphatic carboxylic acids is 1. The SMILES string of the molecule is CC(C)(C)OC(=O)N1CCCC1C1[Se]C(C(C)(C)C)N(C=O)C1C(=O)O. The van der Waals surface area contributed by atoms with E-state index in [4.69, 9.17) is 4.74 Å². The van der Waals surface area contributed by atoms with Gasteiger partial charge in [0, 0.05) is 0 Å². The van der Waals surface area contributed by atoms with Crippen molar-refractivity contribution in [2.24, 2.45) is 5.41 Å². The minimum absolute atomic E-state index is 0.111. The number of likely N-dealkylation sites (tertiary alicyclic amines) is 1. The molecular formula is C18H30N2O5Se. The van der Waals surface area contributed by atoms with Crippen LogP contribution in [0.1, 0.15) is 54.4 Å². The number of carboxylic acids is 1. The van der Waals surface area contributed by atoms with E-state index >= 15 is 0 Å². The molecule has 148 valence electrons. The van der Waals surface area contributed by atoms with Gasteiger partial charge in [-0.3, -0.25) is 0 Å². The molecule has 2 rings (SSSR count). The monoisotopic (exact) mass is 434 g/mol. The predicted molar refractivity (Wildman–Crippen MR) is 98.0 cm³/mol. The zero-order valence-corrected chi connectivity index (χ0v) is 18.1. The molecule has 2 heterocycles. The third-order valence-corrected chi connectivity index (χ3v) is 9.01. The van der Waals surface area contributed by atoms with Crippen molar-refractivity contribution in [2.75, 3.05) is 6.54 Å². The Morgan fingerprint density at radius 3 is 2.27 bits per heavy atom. The van der Waals surface area contributed by atoms with Crippen molar-refractivity contribution < 1.29 is 24.2 Å². The average Bonchev–Trinajstić information content (AvgIpc) is 3.08. The van der Waals surface area contributed by atoms with Gasteiger partial charge in [-0.1, -0.05) is 0 Å². The molecule has 0 aromatic heterocycles. The van der Waals surface area contributed by atoms with Crippen LogP contribution in [0.15, 0.2) is 0 Å². The van der Waals surface area contributed by atoms with Crippen LogP contribution in [0.2, 0.25) is 4.82 Å². The maximum absolute atomic E-state index is 12.6. The van der Waals surface area contributed by atoms with Gasteiger partial charge < -0.3 is 0 Å². The molecule has 4 atom stereocenters. The molecular weight excluding hydrogens is 403 g/mol. The van der Waals surface area contributed by atoms with Gasteiger partial charge in [0.15, 0.2) is 0 Å². The summed E-state index contributed by atoms with van der Waals surface area (Å²) in [6, 6.07) is -1.08. The molecule has 0 aromatic carbocycles. The summed E-state index contributed by atoms with van der Waals surface area (Å²) in [6.07, 6.45) is 1.85. The Labute approximate surface area is 161 Å². The molecule has 2 fully saturated rings. The number of rotatable bonds is 3. The van der Waals surface area contributed by atoms with Crippen molar-refractivity contribution in [1.29, 1.82) is 0 Å². The van der Waals surface area contributed by atoms with Crippen LogP contribution in [-0.4, -0.2) is 77.5 Å². The van der Waals surface area contributed by atoms with E-state index in [2.05, 4.69) is 0 Å². The Balaban J connectivity index is 2.30. The van der Waals surface area contributed by atoms with Crippen molar-refractivity contribution in [2.45, 2.75) is 81.8 Å². The summed E-state index contributed by atoms with van der Waals surface area (Å²) in [4.78, 5) is 39.1. The summed E-state index contributed by atoms with van der Waals surface area (Å²) in [7, 11) is 0. The second kappa shape index (κ2) is 7.39. The van der Waals surface area contributed by atoms with Crippen LogP contribution in [0.4, 0.5) is 4.79 Å². The third kappa shape index (κ3) is 4.34. The van der Waals surface area contributed by atoms with Gasteiger partial charge in [-0.05, 0) is 0 Å². The Bertz CT molecular complexity index is 569. The summed E-state index contributed by atoms with van der Waals surface area (Å²) in [5.41, 5.74) is -0.807. The molecule has 7 nitrogen and oxygen atoms in total. The summed E-state index contributed by atoms with van der Waals surface area (Å²) < 4.78 is 5.52. The average molecular weight is 433 g/mol. The molecule has 0 radical (unpaired) electrons. The van der Waals surface area contributed by atoms with E-state index in [1.807, 2.05) is 41.5 Å². The van der Waals surface area contributed by atoms with Crippen LogP contribution in [0.25, 0.3) is 0 Å². The molecule has 0 spiro atoms. The second-order valence-electron chi connectivity index (χ2n) is 9.04. The molecule has 2 aliphatic rings. The van der Waals surface area contributed by atoms with Gasteiger partial charge >= 0.3 is 161 Å². The Kier molecular flexibility index (Phi) is 5.98. The van der Waals surface area contributed by atoms with E-state index in [1.54, 1.807) is 4.90 Å². The minimum atomic E-state index is -0.994. The van der Waals surface area contributed by atoms with E-state index < -0.39 is 23.7 Å². The molecule has 2 aliphatic heterocycles. The number of nitrogens with zero attached hydrogens (tertiary/aromatic N) is 2. The fraction of sp³-hybridized carbons (Fsp3) is 0.833. The number of ether oxygens (including phenoxy) is 1.